The summed E-state index contributed by atoms with van der Waals surface area (Å²) in [6.45, 7) is 1.82. The van der Waals surface area contributed by atoms with Crippen molar-refractivity contribution >= 4 is 67.1 Å². The molecule has 1 aliphatic rings. The van der Waals surface area contributed by atoms with Crippen LogP contribution in [0.4, 0.5) is 23.1 Å². The Kier molecular flexibility index (Phi) is 7.58. The van der Waals surface area contributed by atoms with E-state index in [9.17, 15) is 8.42 Å². The van der Waals surface area contributed by atoms with E-state index in [0.717, 1.165) is 36.3 Å². The van der Waals surface area contributed by atoms with E-state index < -0.39 is 10.0 Å². The Morgan fingerprint density at radius 1 is 1.07 bits per heavy atom. The first-order valence-electron chi connectivity index (χ1n) is 13.2. The van der Waals surface area contributed by atoms with Crippen molar-refractivity contribution in [3.63, 3.8) is 0 Å². The molecule has 5 aromatic rings. The number of hydrogen-bond acceptors (Lipinski definition) is 9. The molecule has 0 fully saturated rings. The Bertz CT molecular complexity index is 1900. The molecule has 42 heavy (non-hydrogen) atoms. The van der Waals surface area contributed by atoms with E-state index in [0.29, 0.717) is 38.6 Å². The summed E-state index contributed by atoms with van der Waals surface area (Å²) in [5.41, 5.74) is 5.77. The Hall–Kier alpha value is -3.68. The molecule has 0 aliphatic carbocycles. The summed E-state index contributed by atoms with van der Waals surface area (Å²) in [6.07, 6.45) is 2.78. The van der Waals surface area contributed by atoms with Gasteiger partial charge < -0.3 is 25.3 Å². The zero-order valence-electron chi connectivity index (χ0n) is 23.5. The van der Waals surface area contributed by atoms with Gasteiger partial charge in [-0.2, -0.15) is 9.97 Å². The topological polar surface area (TPSA) is 115 Å². The van der Waals surface area contributed by atoms with E-state index in [1.165, 1.54) is 40.9 Å². The number of ether oxygens (including phenoxy) is 1. The van der Waals surface area contributed by atoms with Gasteiger partial charge >= 0.3 is 0 Å². The standard InChI is InChI=1S/C29H30ClN7O3S2/c1-36(2)42(38,39)24-8-6-5-7-21(24)32-28-25-20(19-10-12-41-26(19)30)15-31-27(25)34-29(35-28)33-22-13-18-16-37(3)11-9-17(18)14-23(22)40-4/h5-8,10,12-15H,9,11,16H2,1-4H3,(H3,31,32,33,34,35). The predicted octanol–water partition coefficient (Wildman–Crippen LogP) is 6.07. The molecule has 0 saturated heterocycles. The maximum atomic E-state index is 13.2. The van der Waals surface area contributed by atoms with Crippen LogP contribution in [-0.2, 0) is 23.0 Å². The lowest BCUT2D eigenvalue weighted by atomic mass is 9.99. The van der Waals surface area contributed by atoms with Crippen LogP contribution in [0.5, 0.6) is 5.75 Å². The van der Waals surface area contributed by atoms with Crippen LogP contribution in [0, 0.1) is 0 Å². The van der Waals surface area contributed by atoms with Crippen LogP contribution < -0.4 is 15.4 Å². The monoisotopic (exact) mass is 623 g/mol. The number of hydrogen-bond donors (Lipinski definition) is 3. The highest BCUT2D eigenvalue weighted by atomic mass is 35.5. The SMILES string of the molecule is COc1cc2c(cc1Nc1nc(Nc3ccccc3S(=O)(=O)N(C)C)c3c(-c4ccsc4Cl)c[nH]c3n1)CN(C)CC2. The molecule has 0 amide bonds. The molecule has 0 atom stereocenters. The zero-order valence-corrected chi connectivity index (χ0v) is 25.9. The molecule has 6 rings (SSSR count). The lowest BCUT2D eigenvalue weighted by Gasteiger charge is -2.26. The summed E-state index contributed by atoms with van der Waals surface area (Å²) in [4.78, 5) is 15.3. The van der Waals surface area contributed by atoms with E-state index in [1.54, 1.807) is 31.4 Å². The maximum Gasteiger partial charge on any atom is 0.244 e. The van der Waals surface area contributed by atoms with Crippen molar-refractivity contribution < 1.29 is 13.2 Å². The number of likely N-dealkylation sites (N-methyl/N-ethyl adjacent to an activating group) is 1. The molecular formula is C29H30ClN7O3S2. The van der Waals surface area contributed by atoms with Crippen molar-refractivity contribution in [3.05, 3.63) is 69.5 Å². The van der Waals surface area contributed by atoms with Crippen LogP contribution in [0.15, 0.2) is 58.9 Å². The van der Waals surface area contributed by atoms with Crippen LogP contribution in [-0.4, -0.2) is 67.4 Å². The van der Waals surface area contributed by atoms with E-state index in [1.807, 2.05) is 17.6 Å². The zero-order chi connectivity index (χ0) is 29.6. The first-order valence-corrected chi connectivity index (χ1v) is 15.9. The lowest BCUT2D eigenvalue weighted by molar-refractivity contribution is 0.312. The van der Waals surface area contributed by atoms with Gasteiger partial charge in [0.15, 0.2) is 0 Å². The third-order valence-electron chi connectivity index (χ3n) is 7.31. The normalized spacial score (nSPS) is 13.9. The molecule has 1 aliphatic heterocycles. The number of aromatic nitrogens is 3. The minimum atomic E-state index is -3.74. The number of H-pyrrole nitrogens is 1. The number of halogens is 1. The Balaban J connectivity index is 1.49. The number of aromatic amines is 1. The van der Waals surface area contributed by atoms with Gasteiger partial charge in [0, 0.05) is 44.5 Å². The summed E-state index contributed by atoms with van der Waals surface area (Å²) in [5, 5.41) is 9.24. The molecule has 0 bridgehead atoms. The van der Waals surface area contributed by atoms with E-state index in [2.05, 4.69) is 39.7 Å². The molecule has 13 heteroatoms. The first-order chi connectivity index (χ1) is 20.2. The molecule has 0 unspecified atom stereocenters. The van der Waals surface area contributed by atoms with Gasteiger partial charge in [0.25, 0.3) is 0 Å². The second kappa shape index (κ2) is 11.2. The first kappa shape index (κ1) is 28.4. The molecular weight excluding hydrogens is 594 g/mol. The molecule has 3 N–H and O–H groups in total. The number of benzene rings is 2. The smallest absolute Gasteiger partial charge is 0.244 e. The number of anilines is 4. The summed E-state index contributed by atoms with van der Waals surface area (Å²) in [5.74, 6) is 1.42. The van der Waals surface area contributed by atoms with Crippen LogP contribution in [0.25, 0.3) is 22.2 Å². The highest BCUT2D eigenvalue weighted by Crippen LogP contribution is 2.41. The van der Waals surface area contributed by atoms with E-state index in [-0.39, 0.29) is 4.90 Å². The van der Waals surface area contributed by atoms with Crippen molar-refractivity contribution in [1.29, 1.82) is 0 Å². The Morgan fingerprint density at radius 2 is 1.88 bits per heavy atom. The van der Waals surface area contributed by atoms with Crippen LogP contribution >= 0.6 is 22.9 Å². The van der Waals surface area contributed by atoms with Crippen molar-refractivity contribution in [2.45, 2.75) is 17.9 Å². The largest absolute Gasteiger partial charge is 0.495 e. The molecule has 4 heterocycles. The lowest BCUT2D eigenvalue weighted by Crippen LogP contribution is -2.26. The molecule has 218 valence electrons. The average molecular weight is 624 g/mol. The van der Waals surface area contributed by atoms with Gasteiger partial charge in [-0.3, -0.25) is 0 Å². The van der Waals surface area contributed by atoms with Gasteiger partial charge in [0.05, 0.1) is 23.9 Å². The van der Waals surface area contributed by atoms with Gasteiger partial charge in [0.2, 0.25) is 16.0 Å². The Labute approximate surface area is 253 Å². The summed E-state index contributed by atoms with van der Waals surface area (Å²) >= 11 is 7.96. The van der Waals surface area contributed by atoms with Crippen molar-refractivity contribution in [2.24, 2.45) is 0 Å². The van der Waals surface area contributed by atoms with Gasteiger partial charge in [-0.1, -0.05) is 23.7 Å². The number of thiophene rings is 1. The highest BCUT2D eigenvalue weighted by Gasteiger charge is 2.24. The number of para-hydroxylation sites is 1. The number of fused-ring (bicyclic) bond motifs is 2. The molecule has 3 aromatic heterocycles. The number of rotatable bonds is 8. The van der Waals surface area contributed by atoms with Gasteiger partial charge in [0.1, 0.15) is 26.4 Å². The Morgan fingerprint density at radius 3 is 2.62 bits per heavy atom. The molecule has 0 radical (unpaired) electrons. The van der Waals surface area contributed by atoms with Gasteiger partial charge in [-0.15, -0.1) is 11.3 Å². The number of nitrogens with one attached hydrogen (secondary N) is 3. The second-order valence-corrected chi connectivity index (χ2v) is 13.9. The van der Waals surface area contributed by atoms with Crippen LogP contribution in [0.3, 0.4) is 0 Å². The van der Waals surface area contributed by atoms with Crippen molar-refractivity contribution in [1.82, 2.24) is 24.2 Å². The fourth-order valence-corrected chi connectivity index (χ4v) is 7.10. The van der Waals surface area contributed by atoms with Gasteiger partial charge in [-0.05, 0) is 60.3 Å². The van der Waals surface area contributed by atoms with Crippen molar-refractivity contribution in [2.75, 3.05) is 45.4 Å². The maximum absolute atomic E-state index is 13.2. The van der Waals surface area contributed by atoms with Crippen LogP contribution in [0.1, 0.15) is 11.1 Å². The number of sulfonamides is 1. The fourth-order valence-electron chi connectivity index (χ4n) is 5.11. The summed E-state index contributed by atoms with van der Waals surface area (Å²) < 4.78 is 33.9. The molecule has 0 spiro atoms. The molecule has 10 nitrogen and oxygen atoms in total. The summed E-state index contributed by atoms with van der Waals surface area (Å²) in [7, 11) is 3.01. The molecule has 2 aromatic carbocycles. The third kappa shape index (κ3) is 5.20. The number of nitrogens with zero attached hydrogens (tertiary/aromatic N) is 4. The third-order valence-corrected chi connectivity index (χ3v) is 10.4. The van der Waals surface area contributed by atoms with Crippen LogP contribution in [0.2, 0.25) is 4.34 Å². The second-order valence-electron chi connectivity index (χ2n) is 10.3. The van der Waals surface area contributed by atoms with E-state index in [4.69, 9.17) is 26.3 Å². The van der Waals surface area contributed by atoms with Crippen molar-refractivity contribution in [3.8, 4) is 16.9 Å². The quantitative estimate of drug-likeness (QED) is 0.191. The average Bonchev–Trinajstić information content (AvgIpc) is 3.58. The summed E-state index contributed by atoms with van der Waals surface area (Å²) in [6, 6.07) is 12.8. The minimum Gasteiger partial charge on any atom is -0.495 e. The number of methoxy groups -OCH3 is 1. The fraction of sp³-hybridized carbons (Fsp3) is 0.241. The molecule has 0 saturated carbocycles. The minimum absolute atomic E-state index is 0.127. The predicted molar refractivity (Wildman–Crippen MR) is 169 cm³/mol. The van der Waals surface area contributed by atoms with E-state index >= 15 is 0 Å². The highest BCUT2D eigenvalue weighted by molar-refractivity contribution is 7.89. The van der Waals surface area contributed by atoms with Gasteiger partial charge in [-0.25, -0.2) is 12.7 Å².